The third-order valence-electron chi connectivity index (χ3n) is 9.09. The number of allylic oxidation sites excluding steroid dienone is 2. The van der Waals surface area contributed by atoms with Crippen molar-refractivity contribution in [3.8, 4) is 0 Å². The quantitative estimate of drug-likeness (QED) is 0.366. The number of halogens is 1. The zero-order chi connectivity index (χ0) is 27.3. The molecule has 9 nitrogen and oxygen atoms in total. The number of amides is 2. The number of likely N-dealkylation sites (N-methyl/N-ethyl adjacent to an activating group) is 1. The number of urea groups is 1. The maximum Gasteiger partial charge on any atom is 0.320 e. The number of ketones is 2. The molecule has 1 aliphatic carbocycles. The Bertz CT molecular complexity index is 1820. The fraction of sp³-hybridized carbons (Fsp3) is 0.333. The number of rotatable bonds is 2. The molecule has 6 heterocycles. The molecule has 2 fully saturated rings. The van der Waals surface area contributed by atoms with Crippen LogP contribution in [0.3, 0.4) is 0 Å². The van der Waals surface area contributed by atoms with Crippen LogP contribution in [0.4, 0.5) is 9.18 Å². The maximum absolute atomic E-state index is 15.2. The van der Waals surface area contributed by atoms with E-state index in [4.69, 9.17) is 0 Å². The lowest BCUT2D eigenvalue weighted by Gasteiger charge is -2.35. The summed E-state index contributed by atoms with van der Waals surface area (Å²) in [4.78, 5) is 50.6. The van der Waals surface area contributed by atoms with E-state index < -0.39 is 5.82 Å². The molecule has 0 N–H and O–H groups in total. The van der Waals surface area contributed by atoms with E-state index in [1.807, 2.05) is 45.0 Å². The minimum Gasteiger partial charge on any atom is -0.345 e. The minimum absolute atomic E-state index is 0.00170. The molecule has 2 atom stereocenters. The number of Topliss-reactive ketones (excluding diaryl/α,β-unsaturated/α-hetero) is 2. The standard InChI is InChI=1S/C30H27FN6O3/c1-33-14-20-10-19(33)15-37(20)30(40)35-7-6-34-16-22(21-9-18(31)8-17(13-35)29(21)34)27-24(38)11-25(39)28(27)23-12-32-26-4-2-3-5-36(23)26/h2-5,8-9,12,16,19-20H,6-7,10-11,13-15H2,1H3. The van der Waals surface area contributed by atoms with Gasteiger partial charge < -0.3 is 14.4 Å². The van der Waals surface area contributed by atoms with Gasteiger partial charge in [0.2, 0.25) is 0 Å². The van der Waals surface area contributed by atoms with E-state index in [0.29, 0.717) is 58.1 Å². The van der Waals surface area contributed by atoms with E-state index in [-0.39, 0.29) is 36.6 Å². The molecule has 3 aliphatic heterocycles. The van der Waals surface area contributed by atoms with Crippen LogP contribution in [0.15, 0.2) is 48.9 Å². The number of likely N-dealkylation sites (tertiary alicyclic amines) is 2. The molecule has 0 saturated carbocycles. The Morgan fingerprint density at radius 2 is 1.90 bits per heavy atom. The second-order valence-corrected chi connectivity index (χ2v) is 11.4. The summed E-state index contributed by atoms with van der Waals surface area (Å²) in [5, 5.41) is 0.579. The first kappa shape index (κ1) is 23.6. The van der Waals surface area contributed by atoms with E-state index >= 15 is 4.39 Å². The molecule has 2 bridgehead atoms. The number of carbonyl (C=O) groups is 3. The number of pyridine rings is 1. The first-order valence-electron chi connectivity index (χ1n) is 13.7. The lowest BCUT2D eigenvalue weighted by Crippen LogP contribution is -2.52. The molecular weight excluding hydrogens is 511 g/mol. The van der Waals surface area contributed by atoms with Gasteiger partial charge in [0.05, 0.1) is 29.4 Å². The SMILES string of the molecule is CN1CC2CC1CN2C(=O)N1CCn2cc(C3=C(c4cnc5ccccn45)C(=O)CC3=O)c3cc(F)cc(c32)C1. The Hall–Kier alpha value is -4.31. The Kier molecular flexibility index (Phi) is 4.92. The number of aromatic nitrogens is 3. The second-order valence-electron chi connectivity index (χ2n) is 11.4. The summed E-state index contributed by atoms with van der Waals surface area (Å²) in [6, 6.07) is 9.09. The summed E-state index contributed by atoms with van der Waals surface area (Å²) >= 11 is 0. The zero-order valence-electron chi connectivity index (χ0n) is 22.0. The lowest BCUT2D eigenvalue weighted by atomic mass is 9.98. The molecule has 4 aromatic rings. The molecule has 0 spiro atoms. The van der Waals surface area contributed by atoms with Crippen LogP contribution in [0.5, 0.6) is 0 Å². The van der Waals surface area contributed by atoms with Crippen LogP contribution in [0.2, 0.25) is 0 Å². The molecule has 202 valence electrons. The average molecular weight is 539 g/mol. The summed E-state index contributed by atoms with van der Waals surface area (Å²) < 4.78 is 19.0. The van der Waals surface area contributed by atoms with E-state index in [1.54, 1.807) is 10.6 Å². The highest BCUT2D eigenvalue weighted by atomic mass is 19.1. The van der Waals surface area contributed by atoms with E-state index in [0.717, 1.165) is 25.0 Å². The van der Waals surface area contributed by atoms with Gasteiger partial charge in [0.25, 0.3) is 0 Å². The van der Waals surface area contributed by atoms with Crippen LogP contribution < -0.4 is 0 Å². The van der Waals surface area contributed by atoms with Crippen LogP contribution >= 0.6 is 0 Å². The van der Waals surface area contributed by atoms with Crippen LogP contribution in [-0.2, 0) is 22.7 Å². The van der Waals surface area contributed by atoms with Gasteiger partial charge in [-0.25, -0.2) is 14.2 Å². The number of hydrogen-bond donors (Lipinski definition) is 0. The van der Waals surface area contributed by atoms with Gasteiger partial charge in [-0.05, 0) is 43.3 Å². The van der Waals surface area contributed by atoms with Crippen LogP contribution in [0.25, 0.3) is 27.7 Å². The van der Waals surface area contributed by atoms with Crippen molar-refractivity contribution in [1.29, 1.82) is 0 Å². The fourth-order valence-corrected chi connectivity index (χ4v) is 7.22. The van der Waals surface area contributed by atoms with Crippen molar-refractivity contribution in [2.24, 2.45) is 0 Å². The number of fused-ring (bicyclic) bond motifs is 3. The predicted molar refractivity (Wildman–Crippen MR) is 146 cm³/mol. The highest BCUT2D eigenvalue weighted by Crippen LogP contribution is 2.41. The third kappa shape index (κ3) is 3.28. The van der Waals surface area contributed by atoms with Crippen molar-refractivity contribution in [2.45, 2.75) is 38.0 Å². The van der Waals surface area contributed by atoms with Gasteiger partial charge in [0.1, 0.15) is 11.5 Å². The number of piperazine rings is 1. The molecular formula is C30H27FN6O3. The minimum atomic E-state index is -0.439. The normalized spacial score (nSPS) is 22.9. The Morgan fingerprint density at radius 1 is 1.05 bits per heavy atom. The van der Waals surface area contributed by atoms with Crippen molar-refractivity contribution in [2.75, 3.05) is 26.7 Å². The fourth-order valence-electron chi connectivity index (χ4n) is 7.22. The smallest absolute Gasteiger partial charge is 0.320 e. The van der Waals surface area contributed by atoms with Gasteiger partial charge in [-0.15, -0.1) is 0 Å². The van der Waals surface area contributed by atoms with Crippen molar-refractivity contribution in [1.82, 2.24) is 28.7 Å². The van der Waals surface area contributed by atoms with Crippen LogP contribution in [-0.4, -0.2) is 85.0 Å². The Morgan fingerprint density at radius 3 is 2.70 bits per heavy atom. The molecule has 0 radical (unpaired) electrons. The number of imidazole rings is 1. The van der Waals surface area contributed by atoms with Gasteiger partial charge >= 0.3 is 6.03 Å². The van der Waals surface area contributed by atoms with E-state index in [1.165, 1.54) is 12.1 Å². The molecule has 2 amide bonds. The number of hydrogen-bond acceptors (Lipinski definition) is 5. The van der Waals surface area contributed by atoms with Crippen LogP contribution in [0, 0.1) is 5.82 Å². The average Bonchev–Trinajstić information content (AvgIpc) is 3.72. The van der Waals surface area contributed by atoms with Crippen molar-refractivity contribution >= 4 is 45.3 Å². The van der Waals surface area contributed by atoms with E-state index in [2.05, 4.69) is 16.9 Å². The first-order valence-corrected chi connectivity index (χ1v) is 13.7. The molecule has 1 aromatic carbocycles. The third-order valence-corrected chi connectivity index (χ3v) is 9.09. The zero-order valence-corrected chi connectivity index (χ0v) is 22.0. The molecule has 40 heavy (non-hydrogen) atoms. The molecule has 10 heteroatoms. The first-order chi connectivity index (χ1) is 19.4. The molecule has 4 aliphatic rings. The predicted octanol–water partition coefficient (Wildman–Crippen LogP) is 3.20. The number of benzene rings is 1. The molecule has 2 saturated heterocycles. The topological polar surface area (TPSA) is 83.2 Å². The van der Waals surface area contributed by atoms with Gasteiger partial charge in [-0.1, -0.05) is 6.07 Å². The molecule has 2 unspecified atom stereocenters. The highest BCUT2D eigenvalue weighted by Gasteiger charge is 2.45. The lowest BCUT2D eigenvalue weighted by molar-refractivity contribution is -0.119. The van der Waals surface area contributed by atoms with Gasteiger partial charge in [0, 0.05) is 73.7 Å². The van der Waals surface area contributed by atoms with Crippen molar-refractivity contribution in [3.63, 3.8) is 0 Å². The van der Waals surface area contributed by atoms with E-state index in [9.17, 15) is 14.4 Å². The summed E-state index contributed by atoms with van der Waals surface area (Å²) in [6.07, 6.45) is 6.05. The van der Waals surface area contributed by atoms with Crippen molar-refractivity contribution in [3.05, 3.63) is 71.6 Å². The highest BCUT2D eigenvalue weighted by molar-refractivity contribution is 6.51. The summed E-state index contributed by atoms with van der Waals surface area (Å²) in [5.41, 5.74) is 3.89. The van der Waals surface area contributed by atoms with Gasteiger partial charge in [0.15, 0.2) is 11.6 Å². The second kappa shape index (κ2) is 8.34. The Balaban J connectivity index is 1.23. The van der Waals surface area contributed by atoms with Gasteiger partial charge in [-0.3, -0.25) is 18.9 Å². The van der Waals surface area contributed by atoms with Crippen molar-refractivity contribution < 1.29 is 18.8 Å². The number of carbonyl (C=O) groups excluding carboxylic acids is 3. The monoisotopic (exact) mass is 538 g/mol. The summed E-state index contributed by atoms with van der Waals surface area (Å²) in [5.74, 6) is -0.984. The Labute approximate surface area is 229 Å². The van der Waals surface area contributed by atoms with Crippen LogP contribution in [0.1, 0.15) is 29.7 Å². The maximum atomic E-state index is 15.2. The number of nitrogens with zero attached hydrogens (tertiary/aromatic N) is 6. The molecule has 3 aromatic heterocycles. The largest absolute Gasteiger partial charge is 0.345 e. The summed E-state index contributed by atoms with van der Waals surface area (Å²) in [7, 11) is 2.10. The summed E-state index contributed by atoms with van der Waals surface area (Å²) in [6.45, 7) is 2.86. The molecule has 8 rings (SSSR count). The van der Waals surface area contributed by atoms with Gasteiger partial charge in [-0.2, -0.15) is 0 Å².